The van der Waals surface area contributed by atoms with Crippen LogP contribution in [0, 0.1) is 20.8 Å². The van der Waals surface area contributed by atoms with E-state index in [0.717, 1.165) is 34.2 Å². The highest BCUT2D eigenvalue weighted by Gasteiger charge is 2.10. The molecule has 0 saturated heterocycles. The van der Waals surface area contributed by atoms with Crippen LogP contribution < -0.4 is 5.32 Å². The van der Waals surface area contributed by atoms with Gasteiger partial charge in [0, 0.05) is 23.4 Å². The Labute approximate surface area is 110 Å². The van der Waals surface area contributed by atoms with Gasteiger partial charge in [-0.1, -0.05) is 5.16 Å². The maximum absolute atomic E-state index is 5.19. The van der Waals surface area contributed by atoms with Crippen molar-refractivity contribution in [2.75, 3.05) is 5.32 Å². The van der Waals surface area contributed by atoms with Crippen molar-refractivity contribution in [3.05, 3.63) is 41.0 Å². The summed E-state index contributed by atoms with van der Waals surface area (Å²) in [6.07, 6.45) is 1.74. The summed E-state index contributed by atoms with van der Waals surface area (Å²) in [7, 11) is 0. The predicted octanol–water partition coefficient (Wildman–Crippen LogP) is 2.25. The van der Waals surface area contributed by atoms with Gasteiger partial charge in [-0.2, -0.15) is 9.61 Å². The highest BCUT2D eigenvalue weighted by atomic mass is 16.5. The van der Waals surface area contributed by atoms with E-state index in [1.54, 1.807) is 10.7 Å². The van der Waals surface area contributed by atoms with Gasteiger partial charge in [0.2, 0.25) is 0 Å². The van der Waals surface area contributed by atoms with Gasteiger partial charge in [0.15, 0.2) is 11.4 Å². The molecule has 0 saturated carbocycles. The molecule has 3 aromatic rings. The summed E-state index contributed by atoms with van der Waals surface area (Å²) in [5, 5.41) is 11.5. The summed E-state index contributed by atoms with van der Waals surface area (Å²) in [5.41, 5.74) is 3.78. The Balaban J connectivity index is 1.95. The zero-order chi connectivity index (χ0) is 13.4. The maximum Gasteiger partial charge on any atom is 0.157 e. The fourth-order valence-corrected chi connectivity index (χ4v) is 2.02. The number of hydrogen-bond donors (Lipinski definition) is 1. The molecule has 3 aromatic heterocycles. The summed E-state index contributed by atoms with van der Waals surface area (Å²) < 4.78 is 6.99. The lowest BCUT2D eigenvalue weighted by Gasteiger charge is -2.11. The van der Waals surface area contributed by atoms with Crippen molar-refractivity contribution in [3.8, 4) is 0 Å². The van der Waals surface area contributed by atoms with E-state index in [9.17, 15) is 0 Å². The second-order valence-electron chi connectivity index (χ2n) is 4.56. The molecule has 19 heavy (non-hydrogen) atoms. The average Bonchev–Trinajstić information content (AvgIpc) is 2.99. The number of aromatic nitrogens is 4. The van der Waals surface area contributed by atoms with E-state index >= 15 is 0 Å². The molecule has 0 bridgehead atoms. The monoisotopic (exact) mass is 257 g/mol. The third kappa shape index (κ3) is 2.05. The first-order valence-electron chi connectivity index (χ1n) is 6.12. The molecule has 3 rings (SSSR count). The molecule has 0 aromatic carbocycles. The molecule has 0 fully saturated rings. The second-order valence-corrected chi connectivity index (χ2v) is 4.56. The highest BCUT2D eigenvalue weighted by molar-refractivity contribution is 5.54. The molecule has 1 N–H and O–H groups in total. The van der Waals surface area contributed by atoms with Gasteiger partial charge >= 0.3 is 0 Å². The van der Waals surface area contributed by atoms with E-state index in [-0.39, 0.29) is 0 Å². The van der Waals surface area contributed by atoms with Crippen LogP contribution in [0.1, 0.15) is 22.7 Å². The molecule has 0 aliphatic heterocycles. The van der Waals surface area contributed by atoms with Crippen LogP contribution in [0.25, 0.3) is 5.65 Å². The van der Waals surface area contributed by atoms with Gasteiger partial charge in [0.1, 0.15) is 5.82 Å². The number of rotatable bonds is 3. The number of hydrogen-bond acceptors (Lipinski definition) is 5. The summed E-state index contributed by atoms with van der Waals surface area (Å²) in [6, 6.07) is 3.80. The number of anilines is 1. The molecule has 0 aliphatic rings. The number of nitrogens with zero attached hydrogens (tertiary/aromatic N) is 4. The van der Waals surface area contributed by atoms with Crippen molar-refractivity contribution in [1.82, 2.24) is 19.8 Å². The van der Waals surface area contributed by atoms with E-state index in [0.29, 0.717) is 6.54 Å². The summed E-state index contributed by atoms with van der Waals surface area (Å²) in [6.45, 7) is 6.49. The van der Waals surface area contributed by atoms with Crippen molar-refractivity contribution in [1.29, 1.82) is 0 Å². The Kier molecular flexibility index (Phi) is 2.70. The molecule has 0 radical (unpaired) electrons. The van der Waals surface area contributed by atoms with Crippen LogP contribution in [0.2, 0.25) is 0 Å². The lowest BCUT2D eigenvalue weighted by Crippen LogP contribution is -2.09. The van der Waals surface area contributed by atoms with Gasteiger partial charge in [-0.25, -0.2) is 4.98 Å². The van der Waals surface area contributed by atoms with Crippen molar-refractivity contribution in [2.45, 2.75) is 27.3 Å². The number of aryl methyl sites for hydroxylation is 2. The zero-order valence-electron chi connectivity index (χ0n) is 11.1. The summed E-state index contributed by atoms with van der Waals surface area (Å²) in [4.78, 5) is 4.48. The largest absolute Gasteiger partial charge is 0.362 e. The summed E-state index contributed by atoms with van der Waals surface area (Å²) >= 11 is 0. The fourth-order valence-electron chi connectivity index (χ4n) is 2.02. The van der Waals surface area contributed by atoms with Gasteiger partial charge in [-0.05, 0) is 20.8 Å². The molecule has 0 spiro atoms. The molecular formula is C13H15N5O. The van der Waals surface area contributed by atoms with Crippen LogP contribution >= 0.6 is 0 Å². The molecule has 0 amide bonds. The van der Waals surface area contributed by atoms with Crippen LogP contribution in [-0.4, -0.2) is 19.8 Å². The molecular weight excluding hydrogens is 242 g/mol. The van der Waals surface area contributed by atoms with E-state index in [1.165, 1.54) is 0 Å². The molecule has 6 heteroatoms. The lowest BCUT2D eigenvalue weighted by atomic mass is 10.2. The van der Waals surface area contributed by atoms with Crippen LogP contribution in [0.3, 0.4) is 0 Å². The van der Waals surface area contributed by atoms with Gasteiger partial charge in [0.05, 0.1) is 18.4 Å². The van der Waals surface area contributed by atoms with Crippen molar-refractivity contribution in [2.24, 2.45) is 0 Å². The second kappa shape index (κ2) is 4.38. The Bertz CT molecular complexity index is 728. The third-order valence-corrected chi connectivity index (χ3v) is 3.12. The van der Waals surface area contributed by atoms with Gasteiger partial charge < -0.3 is 9.84 Å². The van der Waals surface area contributed by atoms with Gasteiger partial charge in [-0.3, -0.25) is 0 Å². The smallest absolute Gasteiger partial charge is 0.157 e. The van der Waals surface area contributed by atoms with E-state index in [2.05, 4.69) is 20.6 Å². The molecule has 3 heterocycles. The Hall–Kier alpha value is -2.37. The molecule has 0 atom stereocenters. The first kappa shape index (κ1) is 11.7. The SMILES string of the molecule is Cc1cc(CNc2c(C)c(C)nc3ccnn23)on1. The Morgan fingerprint density at radius 2 is 2.16 bits per heavy atom. The quantitative estimate of drug-likeness (QED) is 0.779. The van der Waals surface area contributed by atoms with Crippen molar-refractivity contribution in [3.63, 3.8) is 0 Å². The van der Waals surface area contributed by atoms with E-state index in [4.69, 9.17) is 4.52 Å². The zero-order valence-corrected chi connectivity index (χ0v) is 11.1. The van der Waals surface area contributed by atoms with E-state index < -0.39 is 0 Å². The molecule has 0 aliphatic carbocycles. The van der Waals surface area contributed by atoms with E-state index in [1.807, 2.05) is 32.9 Å². The standard InChI is InChI=1S/C13H15N5O/c1-8-6-11(19-17-8)7-14-13-9(2)10(3)16-12-4-5-15-18(12)13/h4-6,14H,7H2,1-3H3. The highest BCUT2D eigenvalue weighted by Crippen LogP contribution is 2.19. The van der Waals surface area contributed by atoms with Crippen LogP contribution in [-0.2, 0) is 6.54 Å². The number of fused-ring (bicyclic) bond motifs is 1. The normalized spacial score (nSPS) is 11.1. The topological polar surface area (TPSA) is 68.2 Å². The van der Waals surface area contributed by atoms with Crippen molar-refractivity contribution >= 4 is 11.5 Å². The van der Waals surface area contributed by atoms with Crippen molar-refractivity contribution < 1.29 is 4.52 Å². The van der Waals surface area contributed by atoms with Crippen LogP contribution in [0.15, 0.2) is 22.9 Å². The predicted molar refractivity (Wildman–Crippen MR) is 71.0 cm³/mol. The molecule has 0 unspecified atom stereocenters. The fraction of sp³-hybridized carbons (Fsp3) is 0.308. The van der Waals surface area contributed by atoms with Crippen LogP contribution in [0.4, 0.5) is 5.82 Å². The molecule has 6 nitrogen and oxygen atoms in total. The minimum absolute atomic E-state index is 0.570. The Morgan fingerprint density at radius 1 is 1.32 bits per heavy atom. The average molecular weight is 257 g/mol. The molecule has 98 valence electrons. The third-order valence-electron chi connectivity index (χ3n) is 3.12. The van der Waals surface area contributed by atoms with Gasteiger partial charge in [0.25, 0.3) is 0 Å². The van der Waals surface area contributed by atoms with Gasteiger partial charge in [-0.15, -0.1) is 0 Å². The Morgan fingerprint density at radius 3 is 2.89 bits per heavy atom. The number of nitrogens with one attached hydrogen (secondary N) is 1. The minimum atomic E-state index is 0.570. The van der Waals surface area contributed by atoms with Crippen LogP contribution in [0.5, 0.6) is 0 Å². The summed E-state index contributed by atoms with van der Waals surface area (Å²) in [5.74, 6) is 1.73. The lowest BCUT2D eigenvalue weighted by molar-refractivity contribution is 0.384. The first-order chi connectivity index (χ1) is 9.15. The maximum atomic E-state index is 5.19. The first-order valence-corrected chi connectivity index (χ1v) is 6.12. The minimum Gasteiger partial charge on any atom is -0.362 e.